The third-order valence-electron chi connectivity index (χ3n) is 2.62. The summed E-state index contributed by atoms with van der Waals surface area (Å²) < 4.78 is 10.2. The van der Waals surface area contributed by atoms with Crippen LogP contribution in [0, 0.1) is 0 Å². The van der Waals surface area contributed by atoms with Gasteiger partial charge < -0.3 is 15.0 Å². The van der Waals surface area contributed by atoms with E-state index in [-0.39, 0.29) is 0 Å². The van der Waals surface area contributed by atoms with Crippen molar-refractivity contribution < 1.29 is 9.26 Å². The molecule has 2 aromatic rings. The minimum absolute atomic E-state index is 0.345. The highest BCUT2D eigenvalue weighted by atomic mass is 16.5. The van der Waals surface area contributed by atoms with E-state index in [0.29, 0.717) is 24.7 Å². The molecule has 96 valence electrons. The van der Waals surface area contributed by atoms with Gasteiger partial charge in [0.15, 0.2) is 5.82 Å². The summed E-state index contributed by atoms with van der Waals surface area (Å²) in [5, 5.41) is 3.91. The zero-order valence-corrected chi connectivity index (χ0v) is 10.6. The van der Waals surface area contributed by atoms with Crippen molar-refractivity contribution in [3.8, 4) is 0 Å². The fourth-order valence-electron chi connectivity index (χ4n) is 1.69. The number of hydrogen-bond donors (Lipinski definition) is 1. The molecule has 0 aliphatic carbocycles. The molecular formula is C13H17N3O2. The van der Waals surface area contributed by atoms with Gasteiger partial charge in [0.1, 0.15) is 5.54 Å². The minimum Gasteiger partial charge on any atom is -0.382 e. The highest BCUT2D eigenvalue weighted by Gasteiger charge is 2.27. The molecule has 0 radical (unpaired) electrons. The predicted octanol–water partition coefficient (Wildman–Crippen LogP) is 1.48. The van der Waals surface area contributed by atoms with Crippen molar-refractivity contribution in [2.24, 2.45) is 5.73 Å². The van der Waals surface area contributed by atoms with E-state index in [9.17, 15) is 0 Å². The molecule has 0 fully saturated rings. The average Bonchev–Trinajstić information content (AvgIpc) is 2.79. The molecule has 0 aliphatic heterocycles. The average molecular weight is 247 g/mol. The lowest BCUT2D eigenvalue weighted by molar-refractivity contribution is 0.135. The number of nitrogens with two attached hydrogens (primary N) is 1. The zero-order valence-electron chi connectivity index (χ0n) is 10.6. The first-order chi connectivity index (χ1) is 8.62. The van der Waals surface area contributed by atoms with Crippen LogP contribution in [-0.4, -0.2) is 23.9 Å². The molecule has 2 N–H and O–H groups in total. The maximum absolute atomic E-state index is 6.05. The second-order valence-corrected chi connectivity index (χ2v) is 4.52. The zero-order chi connectivity index (χ0) is 13.0. The van der Waals surface area contributed by atoms with Crippen LogP contribution in [-0.2, 0) is 16.7 Å². The van der Waals surface area contributed by atoms with Crippen LogP contribution in [0.4, 0.5) is 0 Å². The number of benzene rings is 1. The third kappa shape index (κ3) is 2.94. The standard InChI is InChI=1S/C13H17N3O2/c1-13(14,9-17-2)12-15-11(18-16-12)8-10-6-4-3-5-7-10/h3-7H,8-9,14H2,1-2H3. The van der Waals surface area contributed by atoms with E-state index in [1.54, 1.807) is 7.11 Å². The summed E-state index contributed by atoms with van der Waals surface area (Å²) in [7, 11) is 1.59. The summed E-state index contributed by atoms with van der Waals surface area (Å²) in [6.07, 6.45) is 0.608. The Hall–Kier alpha value is -1.72. The quantitative estimate of drug-likeness (QED) is 0.866. The topological polar surface area (TPSA) is 74.2 Å². The Labute approximate surface area is 106 Å². The van der Waals surface area contributed by atoms with Crippen molar-refractivity contribution in [1.82, 2.24) is 10.1 Å². The first-order valence-corrected chi connectivity index (χ1v) is 5.76. The largest absolute Gasteiger partial charge is 0.382 e. The van der Waals surface area contributed by atoms with Gasteiger partial charge in [-0.2, -0.15) is 4.98 Å². The van der Waals surface area contributed by atoms with Gasteiger partial charge in [-0.25, -0.2) is 0 Å². The summed E-state index contributed by atoms with van der Waals surface area (Å²) in [5.41, 5.74) is 6.44. The normalized spacial score (nSPS) is 14.4. The highest BCUT2D eigenvalue weighted by molar-refractivity contribution is 5.18. The Morgan fingerprint density at radius 3 is 2.72 bits per heavy atom. The molecule has 18 heavy (non-hydrogen) atoms. The van der Waals surface area contributed by atoms with Crippen LogP contribution in [0.2, 0.25) is 0 Å². The van der Waals surface area contributed by atoms with Gasteiger partial charge in [-0.1, -0.05) is 35.5 Å². The molecule has 1 aromatic heterocycles. The van der Waals surface area contributed by atoms with Crippen LogP contribution in [0.15, 0.2) is 34.9 Å². The van der Waals surface area contributed by atoms with Gasteiger partial charge in [-0.05, 0) is 12.5 Å². The fraction of sp³-hybridized carbons (Fsp3) is 0.385. The van der Waals surface area contributed by atoms with Crippen molar-refractivity contribution in [1.29, 1.82) is 0 Å². The Kier molecular flexibility index (Phi) is 3.74. The van der Waals surface area contributed by atoms with Gasteiger partial charge in [-0.3, -0.25) is 0 Å². The molecule has 1 heterocycles. The summed E-state index contributed by atoms with van der Waals surface area (Å²) in [6.45, 7) is 2.16. The Morgan fingerprint density at radius 1 is 1.33 bits per heavy atom. The Bertz CT molecular complexity index is 494. The van der Waals surface area contributed by atoms with Crippen LogP contribution in [0.25, 0.3) is 0 Å². The molecule has 0 saturated carbocycles. The van der Waals surface area contributed by atoms with Crippen molar-refractivity contribution in [3.05, 3.63) is 47.6 Å². The van der Waals surface area contributed by atoms with Crippen molar-refractivity contribution in [3.63, 3.8) is 0 Å². The third-order valence-corrected chi connectivity index (χ3v) is 2.62. The number of ether oxygens (including phenoxy) is 1. The first kappa shape index (κ1) is 12.7. The van der Waals surface area contributed by atoms with E-state index >= 15 is 0 Å². The molecule has 0 aliphatic rings. The maximum Gasteiger partial charge on any atom is 0.231 e. The monoisotopic (exact) mass is 247 g/mol. The fourth-order valence-corrected chi connectivity index (χ4v) is 1.69. The molecule has 1 unspecified atom stereocenters. The number of hydrogen-bond acceptors (Lipinski definition) is 5. The maximum atomic E-state index is 6.05. The summed E-state index contributed by atoms with van der Waals surface area (Å²) >= 11 is 0. The van der Waals surface area contributed by atoms with Gasteiger partial charge >= 0.3 is 0 Å². The molecule has 0 bridgehead atoms. The van der Waals surface area contributed by atoms with Gasteiger partial charge in [0, 0.05) is 7.11 Å². The molecule has 1 aromatic carbocycles. The Morgan fingerprint density at radius 2 is 2.06 bits per heavy atom. The van der Waals surface area contributed by atoms with E-state index in [1.165, 1.54) is 0 Å². The van der Waals surface area contributed by atoms with E-state index in [1.807, 2.05) is 37.3 Å². The van der Waals surface area contributed by atoms with Gasteiger partial charge in [-0.15, -0.1) is 0 Å². The summed E-state index contributed by atoms with van der Waals surface area (Å²) in [6, 6.07) is 9.95. The lowest BCUT2D eigenvalue weighted by Crippen LogP contribution is -2.39. The van der Waals surface area contributed by atoms with Crippen LogP contribution < -0.4 is 5.73 Å². The molecule has 1 atom stereocenters. The van der Waals surface area contributed by atoms with Crippen molar-refractivity contribution in [2.45, 2.75) is 18.9 Å². The van der Waals surface area contributed by atoms with Gasteiger partial charge in [0.05, 0.1) is 13.0 Å². The number of methoxy groups -OCH3 is 1. The highest BCUT2D eigenvalue weighted by Crippen LogP contribution is 2.16. The molecule has 2 rings (SSSR count). The number of aromatic nitrogens is 2. The van der Waals surface area contributed by atoms with Gasteiger partial charge in [0.2, 0.25) is 5.89 Å². The minimum atomic E-state index is -0.729. The van der Waals surface area contributed by atoms with E-state index in [2.05, 4.69) is 10.1 Å². The molecule has 0 amide bonds. The lowest BCUT2D eigenvalue weighted by Gasteiger charge is -2.18. The predicted molar refractivity (Wildman–Crippen MR) is 67.0 cm³/mol. The molecule has 5 nitrogen and oxygen atoms in total. The molecular weight excluding hydrogens is 230 g/mol. The van der Waals surface area contributed by atoms with Crippen LogP contribution >= 0.6 is 0 Å². The summed E-state index contributed by atoms with van der Waals surface area (Å²) in [4.78, 5) is 4.31. The molecule has 0 spiro atoms. The van der Waals surface area contributed by atoms with Gasteiger partial charge in [0.25, 0.3) is 0 Å². The SMILES string of the molecule is COCC(C)(N)c1noc(Cc2ccccc2)n1. The Balaban J connectivity index is 2.11. The number of rotatable bonds is 5. The van der Waals surface area contributed by atoms with E-state index in [4.69, 9.17) is 15.0 Å². The van der Waals surface area contributed by atoms with Crippen LogP contribution in [0.3, 0.4) is 0 Å². The van der Waals surface area contributed by atoms with Crippen molar-refractivity contribution in [2.75, 3.05) is 13.7 Å². The van der Waals surface area contributed by atoms with E-state index in [0.717, 1.165) is 5.56 Å². The summed E-state index contributed by atoms with van der Waals surface area (Å²) in [5.74, 6) is 1.03. The second-order valence-electron chi connectivity index (χ2n) is 4.52. The van der Waals surface area contributed by atoms with Crippen LogP contribution in [0.5, 0.6) is 0 Å². The van der Waals surface area contributed by atoms with Crippen molar-refractivity contribution >= 4 is 0 Å². The van der Waals surface area contributed by atoms with Crippen LogP contribution in [0.1, 0.15) is 24.2 Å². The molecule has 0 saturated heterocycles. The second kappa shape index (κ2) is 5.29. The lowest BCUT2D eigenvalue weighted by atomic mass is 10.1. The molecule has 5 heteroatoms. The van der Waals surface area contributed by atoms with E-state index < -0.39 is 5.54 Å². The first-order valence-electron chi connectivity index (χ1n) is 5.76. The smallest absolute Gasteiger partial charge is 0.231 e. The number of nitrogens with zero attached hydrogens (tertiary/aromatic N) is 2.